The van der Waals surface area contributed by atoms with E-state index in [0.29, 0.717) is 24.1 Å². The van der Waals surface area contributed by atoms with E-state index in [2.05, 4.69) is 20.0 Å². The number of benzene rings is 1. The molecule has 9 nitrogen and oxygen atoms in total. The number of hydrogen-bond donors (Lipinski definition) is 2. The maximum atomic E-state index is 13.4. The summed E-state index contributed by atoms with van der Waals surface area (Å²) in [4.78, 5) is 25.7. The molecule has 2 aromatic rings. The number of hydrogen-bond acceptors (Lipinski definition) is 8. The standard InChI is InChI=1S/C30H43N5O4/c1-38-28-7-3-2-6-25(28)27-9-8-26(30(37)31-12-16-33-17-19-39-20-18-33)29(32-27)34-14-10-24(11-15-34)35-13-4-5-23(21-35)22-36/h2-3,6-9,23-24,36H,4-5,10-22H2,1H3,(H,31,37)/t23-/m0/s1. The number of methoxy groups -OCH3 is 1. The monoisotopic (exact) mass is 537 g/mol. The Hall–Kier alpha value is -2.72. The van der Waals surface area contributed by atoms with Crippen molar-refractivity contribution >= 4 is 11.7 Å². The number of pyridine rings is 1. The Morgan fingerprint density at radius 2 is 1.87 bits per heavy atom. The molecule has 212 valence electrons. The topological polar surface area (TPSA) is 90.4 Å². The number of aliphatic hydroxyl groups excluding tert-OH is 1. The molecule has 2 N–H and O–H groups in total. The fourth-order valence-electron chi connectivity index (χ4n) is 6.14. The summed E-state index contributed by atoms with van der Waals surface area (Å²) in [6.07, 6.45) is 4.33. The number of carbonyl (C=O) groups is 1. The van der Waals surface area contributed by atoms with Gasteiger partial charge in [-0.3, -0.25) is 14.6 Å². The van der Waals surface area contributed by atoms with E-state index < -0.39 is 0 Å². The normalized spacial score (nSPS) is 21.6. The maximum absolute atomic E-state index is 13.4. The third-order valence-electron chi connectivity index (χ3n) is 8.41. The van der Waals surface area contributed by atoms with Gasteiger partial charge < -0.3 is 24.8 Å². The molecule has 3 saturated heterocycles. The summed E-state index contributed by atoms with van der Waals surface area (Å²) in [5, 5.41) is 12.8. The molecular formula is C30H43N5O4. The zero-order valence-electron chi connectivity index (χ0n) is 23.2. The second-order valence-corrected chi connectivity index (χ2v) is 10.9. The lowest BCUT2D eigenvalue weighted by Gasteiger charge is -2.42. The molecule has 39 heavy (non-hydrogen) atoms. The first kappa shape index (κ1) is 27.8. The van der Waals surface area contributed by atoms with Gasteiger partial charge in [-0.1, -0.05) is 12.1 Å². The summed E-state index contributed by atoms with van der Waals surface area (Å²) in [5.41, 5.74) is 2.34. The number of morpholine rings is 1. The molecular weight excluding hydrogens is 494 g/mol. The van der Waals surface area contributed by atoms with Gasteiger partial charge in [-0.2, -0.15) is 0 Å². The van der Waals surface area contributed by atoms with Gasteiger partial charge in [-0.15, -0.1) is 0 Å². The minimum absolute atomic E-state index is 0.0822. The number of rotatable bonds is 9. The number of aliphatic hydroxyl groups is 1. The van der Waals surface area contributed by atoms with Gasteiger partial charge in [0.25, 0.3) is 5.91 Å². The third-order valence-corrected chi connectivity index (χ3v) is 8.41. The predicted octanol–water partition coefficient (Wildman–Crippen LogP) is 2.49. The van der Waals surface area contributed by atoms with Gasteiger partial charge in [0.15, 0.2) is 0 Å². The van der Waals surface area contributed by atoms with Crippen LogP contribution in [0, 0.1) is 5.92 Å². The molecule has 5 rings (SSSR count). The molecule has 3 aliphatic rings. The van der Waals surface area contributed by atoms with Crippen LogP contribution in [0.2, 0.25) is 0 Å². The van der Waals surface area contributed by atoms with E-state index in [1.807, 2.05) is 36.4 Å². The largest absolute Gasteiger partial charge is 0.496 e. The van der Waals surface area contributed by atoms with Crippen molar-refractivity contribution < 1.29 is 19.4 Å². The van der Waals surface area contributed by atoms with Gasteiger partial charge in [0.1, 0.15) is 11.6 Å². The SMILES string of the molecule is COc1ccccc1-c1ccc(C(=O)NCCN2CCOCC2)c(N2CCC(N3CCC[C@H](CO)C3)CC2)n1. The highest BCUT2D eigenvalue weighted by Crippen LogP contribution is 2.33. The highest BCUT2D eigenvalue weighted by Gasteiger charge is 2.30. The third kappa shape index (κ3) is 6.90. The van der Waals surface area contributed by atoms with Crippen LogP contribution in [0.4, 0.5) is 5.82 Å². The molecule has 0 radical (unpaired) electrons. The predicted molar refractivity (Wildman–Crippen MR) is 152 cm³/mol. The Labute approximate surface area is 232 Å². The van der Waals surface area contributed by atoms with E-state index in [0.717, 1.165) is 108 Å². The molecule has 1 aromatic heterocycles. The number of nitrogens with zero attached hydrogens (tertiary/aromatic N) is 4. The molecule has 9 heteroatoms. The van der Waals surface area contributed by atoms with Crippen molar-refractivity contribution in [2.24, 2.45) is 5.92 Å². The number of piperidine rings is 2. The average Bonchev–Trinajstić information content (AvgIpc) is 3.01. The molecule has 3 aliphatic heterocycles. The van der Waals surface area contributed by atoms with E-state index in [1.54, 1.807) is 7.11 Å². The Kier molecular flexibility index (Phi) is 9.68. The van der Waals surface area contributed by atoms with E-state index in [-0.39, 0.29) is 12.5 Å². The van der Waals surface area contributed by atoms with Crippen molar-refractivity contribution in [3.63, 3.8) is 0 Å². The summed E-state index contributed by atoms with van der Waals surface area (Å²) in [7, 11) is 1.67. The molecule has 1 atom stereocenters. The number of ether oxygens (including phenoxy) is 2. The van der Waals surface area contributed by atoms with Crippen molar-refractivity contribution in [1.29, 1.82) is 0 Å². The summed E-state index contributed by atoms with van der Waals surface area (Å²) in [6, 6.07) is 12.2. The zero-order chi connectivity index (χ0) is 27.0. The Balaban J connectivity index is 1.32. The van der Waals surface area contributed by atoms with E-state index in [9.17, 15) is 9.90 Å². The van der Waals surface area contributed by atoms with E-state index >= 15 is 0 Å². The van der Waals surface area contributed by atoms with Gasteiger partial charge in [0, 0.05) is 64.0 Å². The Bertz CT molecular complexity index is 1080. The van der Waals surface area contributed by atoms with Crippen molar-refractivity contribution in [2.45, 2.75) is 31.7 Å². The van der Waals surface area contributed by atoms with Crippen LogP contribution in [-0.4, -0.2) is 111 Å². The van der Waals surface area contributed by atoms with Gasteiger partial charge in [-0.05, 0) is 62.4 Å². The lowest BCUT2D eigenvalue weighted by atomic mass is 9.94. The molecule has 0 spiro atoms. The van der Waals surface area contributed by atoms with Crippen molar-refractivity contribution in [1.82, 2.24) is 20.1 Å². The molecule has 0 bridgehead atoms. The van der Waals surface area contributed by atoms with Gasteiger partial charge in [-0.25, -0.2) is 4.98 Å². The maximum Gasteiger partial charge on any atom is 0.255 e. The van der Waals surface area contributed by atoms with Crippen LogP contribution in [0.15, 0.2) is 36.4 Å². The van der Waals surface area contributed by atoms with Crippen LogP contribution < -0.4 is 15.0 Å². The minimum atomic E-state index is -0.0822. The van der Waals surface area contributed by atoms with E-state index in [1.165, 1.54) is 0 Å². The average molecular weight is 538 g/mol. The highest BCUT2D eigenvalue weighted by atomic mass is 16.5. The summed E-state index contributed by atoms with van der Waals surface area (Å²) in [6.45, 7) is 8.78. The van der Waals surface area contributed by atoms with E-state index in [4.69, 9.17) is 14.5 Å². The number of carbonyl (C=O) groups excluding carboxylic acids is 1. The van der Waals surface area contributed by atoms with Gasteiger partial charge in [0.05, 0.1) is 31.6 Å². The minimum Gasteiger partial charge on any atom is -0.496 e. The Morgan fingerprint density at radius 1 is 1.08 bits per heavy atom. The molecule has 0 unspecified atom stereocenters. The van der Waals surface area contributed by atoms with Crippen LogP contribution in [-0.2, 0) is 4.74 Å². The number of aromatic nitrogens is 1. The zero-order valence-corrected chi connectivity index (χ0v) is 23.2. The Morgan fingerprint density at radius 3 is 2.64 bits per heavy atom. The molecule has 3 fully saturated rings. The van der Waals surface area contributed by atoms with Crippen LogP contribution in [0.5, 0.6) is 5.75 Å². The van der Waals surface area contributed by atoms with Gasteiger partial charge >= 0.3 is 0 Å². The second-order valence-electron chi connectivity index (χ2n) is 10.9. The fraction of sp³-hybridized carbons (Fsp3) is 0.600. The van der Waals surface area contributed by atoms with Crippen LogP contribution >= 0.6 is 0 Å². The smallest absolute Gasteiger partial charge is 0.255 e. The molecule has 1 amide bonds. The summed E-state index contributed by atoms with van der Waals surface area (Å²) < 4.78 is 11.0. The lowest BCUT2D eigenvalue weighted by Crippen LogP contribution is -2.49. The number of para-hydroxylation sites is 1. The van der Waals surface area contributed by atoms with Crippen LogP contribution in [0.1, 0.15) is 36.0 Å². The summed E-state index contributed by atoms with van der Waals surface area (Å²) in [5.74, 6) is 1.82. The first-order chi connectivity index (χ1) is 19.2. The molecule has 0 saturated carbocycles. The molecule has 0 aliphatic carbocycles. The molecule has 1 aromatic carbocycles. The van der Waals surface area contributed by atoms with Crippen LogP contribution in [0.25, 0.3) is 11.3 Å². The van der Waals surface area contributed by atoms with Crippen molar-refractivity contribution in [3.8, 4) is 17.0 Å². The van der Waals surface area contributed by atoms with Crippen molar-refractivity contribution in [3.05, 3.63) is 42.0 Å². The number of anilines is 1. The molecule has 4 heterocycles. The highest BCUT2D eigenvalue weighted by molar-refractivity contribution is 5.99. The lowest BCUT2D eigenvalue weighted by molar-refractivity contribution is 0.0383. The van der Waals surface area contributed by atoms with Gasteiger partial charge in [0.2, 0.25) is 0 Å². The number of likely N-dealkylation sites (tertiary alicyclic amines) is 1. The fourth-order valence-corrected chi connectivity index (χ4v) is 6.14. The first-order valence-electron chi connectivity index (χ1n) is 14.5. The number of amides is 1. The first-order valence-corrected chi connectivity index (χ1v) is 14.5. The van der Waals surface area contributed by atoms with Crippen molar-refractivity contribution in [2.75, 3.05) is 84.2 Å². The second kappa shape index (κ2) is 13.6. The quantitative estimate of drug-likeness (QED) is 0.505. The summed E-state index contributed by atoms with van der Waals surface area (Å²) >= 11 is 0. The number of nitrogens with one attached hydrogen (secondary N) is 1. The van der Waals surface area contributed by atoms with Crippen LogP contribution in [0.3, 0.4) is 0 Å².